The van der Waals surface area contributed by atoms with Gasteiger partial charge in [-0.2, -0.15) is 0 Å². The third kappa shape index (κ3) is 5.49. The van der Waals surface area contributed by atoms with Crippen LogP contribution in [0.4, 0.5) is 0 Å². The molecule has 0 aliphatic carbocycles. The van der Waals surface area contributed by atoms with Crippen LogP contribution in [0.1, 0.15) is 0 Å². The van der Waals surface area contributed by atoms with Crippen LogP contribution in [0.15, 0.2) is 241 Å². The summed E-state index contributed by atoms with van der Waals surface area (Å²) in [5.41, 5.74) is 10.3. The van der Waals surface area contributed by atoms with Crippen LogP contribution in [0.3, 0.4) is 0 Å². The Morgan fingerprint density at radius 2 is 0.881 bits per heavy atom. The minimum atomic E-state index is -3.02. The summed E-state index contributed by atoms with van der Waals surface area (Å²) in [6.45, 7) is 0. The Bertz CT molecular complexity index is 4130. The van der Waals surface area contributed by atoms with Gasteiger partial charge in [-0.1, -0.05) is 182 Å². The first kappa shape index (κ1) is 37.6. The van der Waals surface area contributed by atoms with Crippen molar-refractivity contribution in [2.24, 2.45) is 0 Å². The van der Waals surface area contributed by atoms with Crippen LogP contribution in [0.25, 0.3) is 94.4 Å². The number of hydrogen-bond donors (Lipinski definition) is 0. The molecule has 14 aromatic rings. The topological polar surface area (TPSA) is 53.2 Å². The monoisotopic (exact) mass is 873 g/mol. The number of para-hydroxylation sites is 8. The van der Waals surface area contributed by atoms with Gasteiger partial charge in [-0.15, -0.1) is 0 Å². The highest BCUT2D eigenvalue weighted by Crippen LogP contribution is 2.36. The van der Waals surface area contributed by atoms with Gasteiger partial charge in [0.15, 0.2) is 8.07 Å². The molecule has 314 valence electrons. The molecule has 6 nitrogen and oxygen atoms in total. The number of hydrogen-bond acceptors (Lipinski definition) is 3. The number of pyridine rings is 1. The predicted molar refractivity (Wildman–Crippen MR) is 278 cm³/mol. The maximum Gasteiger partial charge on any atom is 0.221 e. The summed E-state index contributed by atoms with van der Waals surface area (Å²) in [6, 6.07) is 85.2. The Morgan fingerprint density at radius 1 is 0.358 bits per heavy atom. The summed E-state index contributed by atoms with van der Waals surface area (Å²) >= 11 is 0. The molecule has 0 atom stereocenters. The SMILES string of the molecule is c1ccc([Si](c2ccccc2)(c2ccc(-c3cc(-n4c5ccccc5c5ccccc54)nc(-n4c5ccccc5n5c6ccccc6nc45)c3)cc2)c2cccc3c2oc2ccccc23)cc1. The van der Waals surface area contributed by atoms with E-state index in [4.69, 9.17) is 14.4 Å². The second-order valence-corrected chi connectivity index (χ2v) is 21.1. The molecular weight excluding hydrogens is 835 g/mol. The molecule has 0 spiro atoms. The first-order valence-electron chi connectivity index (χ1n) is 22.7. The molecule has 0 radical (unpaired) electrons. The van der Waals surface area contributed by atoms with E-state index in [0.29, 0.717) is 0 Å². The highest BCUT2D eigenvalue weighted by molar-refractivity contribution is 7.20. The smallest absolute Gasteiger partial charge is 0.221 e. The Morgan fingerprint density at radius 3 is 1.57 bits per heavy atom. The summed E-state index contributed by atoms with van der Waals surface area (Å²) in [7, 11) is -3.02. The Labute approximate surface area is 385 Å². The molecule has 0 fully saturated rings. The maximum absolute atomic E-state index is 6.90. The molecule has 0 aliphatic heterocycles. The van der Waals surface area contributed by atoms with Gasteiger partial charge < -0.3 is 4.42 Å². The van der Waals surface area contributed by atoms with Crippen molar-refractivity contribution in [1.29, 1.82) is 0 Å². The van der Waals surface area contributed by atoms with Crippen LogP contribution in [0.5, 0.6) is 0 Å². The fourth-order valence-electron chi connectivity index (χ4n) is 10.9. The fraction of sp³-hybridized carbons (Fsp3) is 0. The molecule has 0 saturated carbocycles. The van der Waals surface area contributed by atoms with E-state index >= 15 is 0 Å². The predicted octanol–water partition coefficient (Wildman–Crippen LogP) is 11.9. The van der Waals surface area contributed by atoms with Crippen LogP contribution < -0.4 is 20.7 Å². The number of furan rings is 1. The molecule has 0 saturated heterocycles. The van der Waals surface area contributed by atoms with Crippen LogP contribution in [0, 0.1) is 0 Å². The summed E-state index contributed by atoms with van der Waals surface area (Å²) in [5.74, 6) is 2.43. The Balaban J connectivity index is 1.04. The van der Waals surface area contributed by atoms with Crippen LogP contribution in [-0.2, 0) is 0 Å². The molecule has 9 aromatic carbocycles. The summed E-state index contributed by atoms with van der Waals surface area (Å²) in [4.78, 5) is 10.9. The molecule has 0 bridgehead atoms. The molecule has 0 amide bonds. The van der Waals surface area contributed by atoms with Crippen molar-refractivity contribution in [3.63, 3.8) is 0 Å². The number of imidazole rings is 2. The molecule has 0 unspecified atom stereocenters. The van der Waals surface area contributed by atoms with Crippen LogP contribution in [0.2, 0.25) is 0 Å². The number of nitrogens with zero attached hydrogens (tertiary/aromatic N) is 5. The largest absolute Gasteiger partial charge is 0.456 e. The zero-order valence-electron chi connectivity index (χ0n) is 36.2. The lowest BCUT2D eigenvalue weighted by Crippen LogP contribution is -2.74. The van der Waals surface area contributed by atoms with Gasteiger partial charge in [0.1, 0.15) is 22.8 Å². The van der Waals surface area contributed by atoms with Gasteiger partial charge >= 0.3 is 0 Å². The van der Waals surface area contributed by atoms with Crippen molar-refractivity contribution >= 4 is 100 Å². The number of rotatable bonds is 7. The van der Waals surface area contributed by atoms with E-state index < -0.39 is 8.07 Å². The lowest BCUT2D eigenvalue weighted by Gasteiger charge is -2.34. The summed E-state index contributed by atoms with van der Waals surface area (Å²) < 4.78 is 13.7. The quantitative estimate of drug-likeness (QED) is 0.118. The molecule has 5 aromatic heterocycles. The second-order valence-electron chi connectivity index (χ2n) is 17.3. The van der Waals surface area contributed by atoms with E-state index in [1.165, 1.54) is 31.5 Å². The van der Waals surface area contributed by atoms with Crippen molar-refractivity contribution < 1.29 is 4.42 Å². The first-order chi connectivity index (χ1) is 33.2. The van der Waals surface area contributed by atoms with Gasteiger partial charge in [0.05, 0.1) is 33.1 Å². The molecule has 14 rings (SSSR count). The third-order valence-electron chi connectivity index (χ3n) is 13.8. The van der Waals surface area contributed by atoms with E-state index in [9.17, 15) is 0 Å². The van der Waals surface area contributed by atoms with Gasteiger partial charge in [-0.25, -0.2) is 9.97 Å². The van der Waals surface area contributed by atoms with E-state index in [-0.39, 0.29) is 0 Å². The maximum atomic E-state index is 6.90. The van der Waals surface area contributed by atoms with Crippen molar-refractivity contribution in [1.82, 2.24) is 23.5 Å². The molecule has 0 aliphatic rings. The normalized spacial score (nSPS) is 12.2. The summed E-state index contributed by atoms with van der Waals surface area (Å²) in [5, 5.41) is 9.70. The van der Waals surface area contributed by atoms with Gasteiger partial charge in [-0.05, 0) is 86.5 Å². The lowest BCUT2D eigenvalue weighted by molar-refractivity contribution is 0.671. The number of benzene rings is 9. The van der Waals surface area contributed by atoms with Crippen molar-refractivity contribution in [3.05, 3.63) is 237 Å². The first-order valence-corrected chi connectivity index (χ1v) is 24.7. The van der Waals surface area contributed by atoms with E-state index in [1.54, 1.807) is 0 Å². The molecule has 5 heterocycles. The van der Waals surface area contributed by atoms with E-state index in [0.717, 1.165) is 83.6 Å². The second kappa shape index (κ2) is 14.6. The van der Waals surface area contributed by atoms with Gasteiger partial charge in [0.2, 0.25) is 5.78 Å². The Kier molecular flexibility index (Phi) is 8.20. The highest BCUT2D eigenvalue weighted by atomic mass is 28.3. The lowest BCUT2D eigenvalue weighted by atomic mass is 10.1. The van der Waals surface area contributed by atoms with E-state index in [1.807, 2.05) is 0 Å². The highest BCUT2D eigenvalue weighted by Gasteiger charge is 2.43. The van der Waals surface area contributed by atoms with Crippen LogP contribution in [-0.4, -0.2) is 31.6 Å². The zero-order valence-corrected chi connectivity index (χ0v) is 37.2. The Hall–Kier alpha value is -8.78. The molecular formula is C60H39N5OSi. The van der Waals surface area contributed by atoms with Crippen LogP contribution >= 0.6 is 0 Å². The minimum absolute atomic E-state index is 0.786. The average molecular weight is 874 g/mol. The standard InChI is InChI=1S/C60H39N5OSi/c1-3-18-42(19-4-1)67(43-20-5-2-6-21-43,56-33-17-25-48-47-24-9-16-32-55(47)66-59(48)56)44-36-34-40(35-37-44)41-38-57(63-50-27-11-7-22-45(50)46-23-8-12-28-51(46)63)62-58(39-41)65-54-31-15-14-30-53(54)64-52-29-13-10-26-49(52)61-60(64)65/h1-39H. The zero-order chi connectivity index (χ0) is 44.1. The molecule has 0 N–H and O–H groups in total. The van der Waals surface area contributed by atoms with E-state index in [2.05, 4.69) is 250 Å². The fourth-order valence-corrected chi connectivity index (χ4v) is 15.8. The average Bonchev–Trinajstić information content (AvgIpc) is 4.15. The summed E-state index contributed by atoms with van der Waals surface area (Å²) in [6.07, 6.45) is 0. The number of aromatic nitrogens is 5. The minimum Gasteiger partial charge on any atom is -0.456 e. The molecule has 67 heavy (non-hydrogen) atoms. The number of fused-ring (bicyclic) bond motifs is 11. The third-order valence-corrected chi connectivity index (χ3v) is 18.6. The van der Waals surface area contributed by atoms with Gasteiger partial charge in [0, 0.05) is 21.5 Å². The van der Waals surface area contributed by atoms with Crippen molar-refractivity contribution in [2.45, 2.75) is 0 Å². The van der Waals surface area contributed by atoms with Gasteiger partial charge in [0.25, 0.3) is 0 Å². The van der Waals surface area contributed by atoms with Gasteiger partial charge in [-0.3, -0.25) is 13.5 Å². The van der Waals surface area contributed by atoms with Crippen molar-refractivity contribution in [2.75, 3.05) is 0 Å². The molecule has 7 heteroatoms. The van der Waals surface area contributed by atoms with Crippen molar-refractivity contribution in [3.8, 4) is 22.8 Å².